The van der Waals surface area contributed by atoms with Crippen molar-refractivity contribution in [1.82, 2.24) is 4.98 Å². The van der Waals surface area contributed by atoms with Crippen LogP contribution in [0.25, 0.3) is 0 Å². The SMILES string of the molecule is Cc1ccncc1C1=NOC(CN)C1. The smallest absolute Gasteiger partial charge is 0.145 e. The quantitative estimate of drug-likeness (QED) is 0.753. The predicted molar refractivity (Wildman–Crippen MR) is 54.1 cm³/mol. The number of aryl methyl sites for hydroxylation is 1. The van der Waals surface area contributed by atoms with E-state index in [1.54, 1.807) is 6.20 Å². The first-order valence-corrected chi connectivity index (χ1v) is 4.65. The van der Waals surface area contributed by atoms with Crippen LogP contribution in [0.3, 0.4) is 0 Å². The molecule has 2 heterocycles. The van der Waals surface area contributed by atoms with E-state index in [1.807, 2.05) is 19.2 Å². The summed E-state index contributed by atoms with van der Waals surface area (Å²) in [5.41, 5.74) is 8.67. The van der Waals surface area contributed by atoms with E-state index in [1.165, 1.54) is 5.56 Å². The minimum atomic E-state index is 0.0320. The average Bonchev–Trinajstić information content (AvgIpc) is 2.67. The summed E-state index contributed by atoms with van der Waals surface area (Å²) >= 11 is 0. The first-order valence-electron chi connectivity index (χ1n) is 4.65. The molecule has 0 saturated heterocycles. The molecule has 0 spiro atoms. The molecule has 0 radical (unpaired) electrons. The lowest BCUT2D eigenvalue weighted by Gasteiger charge is -2.03. The van der Waals surface area contributed by atoms with Gasteiger partial charge in [0.2, 0.25) is 0 Å². The Kier molecular flexibility index (Phi) is 2.45. The number of nitrogens with zero attached hydrogens (tertiary/aromatic N) is 2. The van der Waals surface area contributed by atoms with Crippen LogP contribution in [0.1, 0.15) is 17.5 Å². The number of hydrogen-bond donors (Lipinski definition) is 1. The molecule has 2 N–H and O–H groups in total. The molecule has 14 heavy (non-hydrogen) atoms. The lowest BCUT2D eigenvalue weighted by atomic mass is 10.0. The first-order chi connectivity index (χ1) is 6.81. The van der Waals surface area contributed by atoms with Crippen LogP contribution in [-0.2, 0) is 4.84 Å². The average molecular weight is 191 g/mol. The molecule has 1 aliphatic rings. The number of aromatic nitrogens is 1. The Bertz CT molecular complexity index is 362. The second-order valence-corrected chi connectivity index (χ2v) is 3.40. The molecule has 0 amide bonds. The minimum absolute atomic E-state index is 0.0320. The van der Waals surface area contributed by atoms with Crippen LogP contribution in [0.2, 0.25) is 0 Å². The van der Waals surface area contributed by atoms with Gasteiger partial charge in [-0.05, 0) is 18.6 Å². The maximum atomic E-state index is 5.50. The fraction of sp³-hybridized carbons (Fsp3) is 0.400. The van der Waals surface area contributed by atoms with E-state index in [0.29, 0.717) is 6.54 Å². The van der Waals surface area contributed by atoms with Crippen molar-refractivity contribution in [3.63, 3.8) is 0 Å². The molecule has 0 fully saturated rings. The molecule has 4 nitrogen and oxygen atoms in total. The first kappa shape index (κ1) is 9.15. The third-order valence-electron chi connectivity index (χ3n) is 2.35. The largest absolute Gasteiger partial charge is 0.390 e. The Labute approximate surface area is 82.8 Å². The van der Waals surface area contributed by atoms with Crippen molar-refractivity contribution in [2.75, 3.05) is 6.54 Å². The molecule has 0 aliphatic carbocycles. The molecule has 1 aromatic rings. The third kappa shape index (κ3) is 1.61. The van der Waals surface area contributed by atoms with Crippen LogP contribution < -0.4 is 5.73 Å². The maximum absolute atomic E-state index is 5.50. The van der Waals surface area contributed by atoms with Gasteiger partial charge in [-0.3, -0.25) is 4.98 Å². The second-order valence-electron chi connectivity index (χ2n) is 3.40. The van der Waals surface area contributed by atoms with Crippen molar-refractivity contribution in [3.05, 3.63) is 29.6 Å². The highest BCUT2D eigenvalue weighted by molar-refractivity contribution is 6.02. The van der Waals surface area contributed by atoms with Gasteiger partial charge in [-0.2, -0.15) is 0 Å². The summed E-state index contributed by atoms with van der Waals surface area (Å²) < 4.78 is 0. The second kappa shape index (κ2) is 3.75. The zero-order chi connectivity index (χ0) is 9.97. The van der Waals surface area contributed by atoms with Gasteiger partial charge >= 0.3 is 0 Å². The Morgan fingerprint density at radius 2 is 2.50 bits per heavy atom. The topological polar surface area (TPSA) is 60.5 Å². The minimum Gasteiger partial charge on any atom is -0.390 e. The van der Waals surface area contributed by atoms with Crippen molar-refractivity contribution in [3.8, 4) is 0 Å². The van der Waals surface area contributed by atoms with E-state index in [9.17, 15) is 0 Å². The van der Waals surface area contributed by atoms with Gasteiger partial charge in [-0.25, -0.2) is 0 Å². The van der Waals surface area contributed by atoms with Gasteiger partial charge in [0.15, 0.2) is 0 Å². The lowest BCUT2D eigenvalue weighted by Crippen LogP contribution is -2.20. The van der Waals surface area contributed by atoms with Gasteiger partial charge in [0, 0.05) is 30.9 Å². The highest BCUT2D eigenvalue weighted by Gasteiger charge is 2.21. The monoisotopic (exact) mass is 191 g/mol. The Morgan fingerprint density at radius 3 is 3.14 bits per heavy atom. The fourth-order valence-corrected chi connectivity index (χ4v) is 1.48. The van der Waals surface area contributed by atoms with Crippen molar-refractivity contribution in [2.45, 2.75) is 19.4 Å². The van der Waals surface area contributed by atoms with E-state index < -0.39 is 0 Å². The van der Waals surface area contributed by atoms with Crippen molar-refractivity contribution in [1.29, 1.82) is 0 Å². The van der Waals surface area contributed by atoms with Crippen molar-refractivity contribution in [2.24, 2.45) is 10.9 Å². The maximum Gasteiger partial charge on any atom is 0.145 e. The molecule has 4 heteroatoms. The highest BCUT2D eigenvalue weighted by atomic mass is 16.6. The Balaban J connectivity index is 2.22. The third-order valence-corrected chi connectivity index (χ3v) is 2.35. The van der Waals surface area contributed by atoms with Crippen LogP contribution in [0.4, 0.5) is 0 Å². The summed E-state index contributed by atoms with van der Waals surface area (Å²) in [6.45, 7) is 2.54. The molecular formula is C10H13N3O. The molecule has 0 bridgehead atoms. The lowest BCUT2D eigenvalue weighted by molar-refractivity contribution is 0.0918. The van der Waals surface area contributed by atoms with Crippen LogP contribution in [-0.4, -0.2) is 23.3 Å². The van der Waals surface area contributed by atoms with Gasteiger partial charge < -0.3 is 10.6 Å². The van der Waals surface area contributed by atoms with Crippen LogP contribution in [0, 0.1) is 6.92 Å². The summed E-state index contributed by atoms with van der Waals surface area (Å²) in [5.74, 6) is 0. The number of rotatable bonds is 2. The zero-order valence-corrected chi connectivity index (χ0v) is 8.10. The Hall–Kier alpha value is -1.42. The zero-order valence-electron chi connectivity index (χ0n) is 8.10. The fourth-order valence-electron chi connectivity index (χ4n) is 1.48. The van der Waals surface area contributed by atoms with Gasteiger partial charge in [-0.1, -0.05) is 5.16 Å². The summed E-state index contributed by atoms with van der Waals surface area (Å²) in [5, 5.41) is 4.02. The molecule has 1 aliphatic heterocycles. The molecule has 1 unspecified atom stereocenters. The molecule has 2 rings (SSSR count). The summed E-state index contributed by atoms with van der Waals surface area (Å²) in [6, 6.07) is 1.97. The molecule has 1 aromatic heterocycles. The standard InChI is InChI=1S/C10H13N3O/c1-7-2-3-12-6-9(7)10-4-8(5-11)14-13-10/h2-3,6,8H,4-5,11H2,1H3. The van der Waals surface area contributed by atoms with E-state index in [2.05, 4.69) is 10.1 Å². The van der Waals surface area contributed by atoms with Gasteiger partial charge in [0.05, 0.1) is 5.71 Å². The highest BCUT2D eigenvalue weighted by Crippen LogP contribution is 2.17. The van der Waals surface area contributed by atoms with Crippen molar-refractivity contribution < 1.29 is 4.84 Å². The summed E-state index contributed by atoms with van der Waals surface area (Å²) in [7, 11) is 0. The molecule has 0 saturated carbocycles. The molecule has 0 aromatic carbocycles. The number of nitrogens with two attached hydrogens (primary N) is 1. The van der Waals surface area contributed by atoms with E-state index in [4.69, 9.17) is 10.6 Å². The number of oxime groups is 1. The van der Waals surface area contributed by atoms with Crippen LogP contribution in [0.5, 0.6) is 0 Å². The van der Waals surface area contributed by atoms with Crippen LogP contribution in [0.15, 0.2) is 23.6 Å². The van der Waals surface area contributed by atoms with Crippen molar-refractivity contribution >= 4 is 5.71 Å². The normalized spacial score (nSPS) is 20.4. The van der Waals surface area contributed by atoms with Gasteiger partial charge in [0.1, 0.15) is 6.10 Å². The number of hydrogen-bond acceptors (Lipinski definition) is 4. The van der Waals surface area contributed by atoms with Gasteiger partial charge in [-0.15, -0.1) is 0 Å². The van der Waals surface area contributed by atoms with E-state index >= 15 is 0 Å². The summed E-state index contributed by atoms with van der Waals surface area (Å²) in [4.78, 5) is 9.23. The predicted octanol–water partition coefficient (Wildman–Crippen LogP) is 0.842. The summed E-state index contributed by atoms with van der Waals surface area (Å²) in [6.07, 6.45) is 4.40. The van der Waals surface area contributed by atoms with Gasteiger partial charge in [0.25, 0.3) is 0 Å². The van der Waals surface area contributed by atoms with E-state index in [-0.39, 0.29) is 6.10 Å². The molecular weight excluding hydrogens is 178 g/mol. The molecule has 1 atom stereocenters. The molecule has 74 valence electrons. The number of pyridine rings is 1. The van der Waals surface area contributed by atoms with Crippen LogP contribution >= 0.6 is 0 Å². The van der Waals surface area contributed by atoms with E-state index in [0.717, 1.165) is 17.7 Å². The Morgan fingerprint density at radius 1 is 1.64 bits per heavy atom.